The molecule has 0 spiro atoms. The maximum atomic E-state index is 12.3. The topological polar surface area (TPSA) is 63.2 Å². The first-order valence-corrected chi connectivity index (χ1v) is 8.53. The normalized spacial score (nSPS) is 23.8. The van der Waals surface area contributed by atoms with Crippen molar-refractivity contribution in [2.75, 3.05) is 39.9 Å². The average molecular weight is 331 g/mol. The van der Waals surface area contributed by atoms with Crippen LogP contribution in [0, 0.1) is 5.92 Å². The number of nitrogens with zero attached hydrogens (tertiary/aromatic N) is 2. The van der Waals surface area contributed by atoms with Crippen LogP contribution in [0.4, 0.5) is 0 Å². The summed E-state index contributed by atoms with van der Waals surface area (Å²) in [4.78, 5) is 20.1. The molecule has 24 heavy (non-hydrogen) atoms. The van der Waals surface area contributed by atoms with Crippen LogP contribution in [0.2, 0.25) is 0 Å². The lowest BCUT2D eigenvalue weighted by atomic mass is 10.0. The molecule has 1 aromatic carbocycles. The number of carbonyl (C=O) groups is 1. The van der Waals surface area contributed by atoms with E-state index in [1.807, 2.05) is 30.3 Å². The third kappa shape index (κ3) is 4.33. The molecule has 1 aromatic rings. The molecule has 1 N–H and O–H groups in total. The van der Waals surface area contributed by atoms with E-state index in [0.717, 1.165) is 38.2 Å². The monoisotopic (exact) mass is 331 g/mol. The van der Waals surface area contributed by atoms with Gasteiger partial charge in [0, 0.05) is 33.2 Å². The second-order valence-electron chi connectivity index (χ2n) is 6.40. The highest BCUT2D eigenvalue weighted by Crippen LogP contribution is 2.26. The van der Waals surface area contributed by atoms with Gasteiger partial charge in [-0.1, -0.05) is 35.5 Å². The van der Waals surface area contributed by atoms with Gasteiger partial charge in [-0.2, -0.15) is 0 Å². The fourth-order valence-electron chi connectivity index (χ4n) is 3.20. The minimum atomic E-state index is -0.150. The average Bonchev–Trinajstić information content (AvgIpc) is 3.28. The molecular formula is C18H25N3O3. The van der Waals surface area contributed by atoms with E-state index in [9.17, 15) is 4.79 Å². The van der Waals surface area contributed by atoms with Gasteiger partial charge in [0.1, 0.15) is 5.71 Å². The molecule has 1 fully saturated rings. The summed E-state index contributed by atoms with van der Waals surface area (Å²) in [6, 6.07) is 9.88. The van der Waals surface area contributed by atoms with Crippen molar-refractivity contribution in [1.29, 1.82) is 0 Å². The molecule has 6 heteroatoms. The quantitative estimate of drug-likeness (QED) is 0.824. The second kappa shape index (κ2) is 8.26. The van der Waals surface area contributed by atoms with E-state index in [1.54, 1.807) is 7.11 Å². The molecule has 2 atom stereocenters. The van der Waals surface area contributed by atoms with E-state index >= 15 is 0 Å². The number of carbonyl (C=O) groups excluding carboxylic acids is 1. The van der Waals surface area contributed by atoms with Crippen LogP contribution in [-0.2, 0) is 14.4 Å². The molecule has 0 aliphatic carbocycles. The summed E-state index contributed by atoms with van der Waals surface area (Å²) >= 11 is 0. The molecule has 0 radical (unpaired) electrons. The van der Waals surface area contributed by atoms with Crippen LogP contribution in [-0.4, -0.2) is 56.4 Å². The van der Waals surface area contributed by atoms with Crippen molar-refractivity contribution in [3.8, 4) is 0 Å². The summed E-state index contributed by atoms with van der Waals surface area (Å²) in [5.74, 6) is 0.391. The summed E-state index contributed by atoms with van der Waals surface area (Å²) in [5, 5.41) is 6.98. The largest absolute Gasteiger partial charge is 0.387 e. The van der Waals surface area contributed by atoms with Gasteiger partial charge in [0.05, 0.1) is 6.61 Å². The van der Waals surface area contributed by atoms with Crippen LogP contribution >= 0.6 is 0 Å². The standard InChI is InChI=1S/C18H25N3O3/c1-23-10-9-21-8-7-14(13-21)12-19-18(22)16-11-17(24-20-16)15-5-3-2-4-6-15/h2-6,14,17H,7-13H2,1H3,(H,19,22)/t14-,17+/m1/s1. The number of hydrogen-bond acceptors (Lipinski definition) is 5. The fourth-order valence-corrected chi connectivity index (χ4v) is 3.20. The number of amides is 1. The van der Waals surface area contributed by atoms with Crippen molar-refractivity contribution in [2.45, 2.75) is 18.9 Å². The van der Waals surface area contributed by atoms with E-state index in [1.165, 1.54) is 0 Å². The Balaban J connectivity index is 1.40. The van der Waals surface area contributed by atoms with E-state index < -0.39 is 0 Å². The van der Waals surface area contributed by atoms with Gasteiger partial charge in [0.2, 0.25) is 0 Å². The Morgan fingerprint density at radius 3 is 3.04 bits per heavy atom. The Morgan fingerprint density at radius 2 is 2.25 bits per heavy atom. The van der Waals surface area contributed by atoms with Crippen LogP contribution in [0.5, 0.6) is 0 Å². The Labute approximate surface area is 142 Å². The van der Waals surface area contributed by atoms with Gasteiger partial charge in [-0.25, -0.2) is 0 Å². The predicted molar refractivity (Wildman–Crippen MR) is 91.8 cm³/mol. The number of rotatable bonds is 7. The second-order valence-corrected chi connectivity index (χ2v) is 6.40. The van der Waals surface area contributed by atoms with E-state index in [-0.39, 0.29) is 12.0 Å². The molecule has 2 aliphatic rings. The molecule has 0 aromatic heterocycles. The van der Waals surface area contributed by atoms with Crippen LogP contribution in [0.25, 0.3) is 0 Å². The minimum Gasteiger partial charge on any atom is -0.387 e. The number of ether oxygens (including phenoxy) is 1. The number of oxime groups is 1. The lowest BCUT2D eigenvalue weighted by Gasteiger charge is -2.15. The molecule has 3 rings (SSSR count). The number of methoxy groups -OCH3 is 1. The van der Waals surface area contributed by atoms with Gasteiger partial charge >= 0.3 is 0 Å². The molecular weight excluding hydrogens is 306 g/mol. The van der Waals surface area contributed by atoms with Crippen molar-refractivity contribution < 1.29 is 14.4 Å². The predicted octanol–water partition coefficient (Wildman–Crippen LogP) is 1.59. The van der Waals surface area contributed by atoms with Gasteiger partial charge in [0.25, 0.3) is 5.91 Å². The molecule has 0 saturated carbocycles. The molecule has 1 saturated heterocycles. The molecule has 1 amide bonds. The van der Waals surface area contributed by atoms with Crippen LogP contribution in [0.1, 0.15) is 24.5 Å². The van der Waals surface area contributed by atoms with Gasteiger partial charge in [-0.3, -0.25) is 4.79 Å². The number of likely N-dealkylation sites (tertiary alicyclic amines) is 1. The van der Waals surface area contributed by atoms with Crippen molar-refractivity contribution in [2.24, 2.45) is 11.1 Å². The first kappa shape index (κ1) is 16.9. The van der Waals surface area contributed by atoms with Gasteiger partial charge in [-0.05, 0) is 24.4 Å². The lowest BCUT2D eigenvalue weighted by molar-refractivity contribution is -0.115. The zero-order valence-electron chi connectivity index (χ0n) is 14.1. The molecule has 6 nitrogen and oxygen atoms in total. The van der Waals surface area contributed by atoms with Crippen molar-refractivity contribution in [3.05, 3.63) is 35.9 Å². The first-order valence-electron chi connectivity index (χ1n) is 8.53. The first-order chi connectivity index (χ1) is 11.8. The van der Waals surface area contributed by atoms with Gasteiger partial charge in [0.15, 0.2) is 6.10 Å². The number of benzene rings is 1. The smallest absolute Gasteiger partial charge is 0.269 e. The zero-order chi connectivity index (χ0) is 16.8. The summed E-state index contributed by atoms with van der Waals surface area (Å²) in [6.07, 6.45) is 1.49. The van der Waals surface area contributed by atoms with Crippen LogP contribution in [0.15, 0.2) is 35.5 Å². The Kier molecular flexibility index (Phi) is 5.82. The molecule has 2 aliphatic heterocycles. The third-order valence-electron chi connectivity index (χ3n) is 4.64. The van der Waals surface area contributed by atoms with Crippen LogP contribution < -0.4 is 5.32 Å². The molecule has 0 bridgehead atoms. The fraction of sp³-hybridized carbons (Fsp3) is 0.556. The van der Waals surface area contributed by atoms with Crippen molar-refractivity contribution in [3.63, 3.8) is 0 Å². The molecule has 2 heterocycles. The zero-order valence-corrected chi connectivity index (χ0v) is 14.1. The summed E-state index contributed by atoms with van der Waals surface area (Å²) in [6.45, 7) is 4.50. The lowest BCUT2D eigenvalue weighted by Crippen LogP contribution is -2.35. The Morgan fingerprint density at radius 1 is 1.42 bits per heavy atom. The van der Waals surface area contributed by atoms with E-state index in [0.29, 0.717) is 24.6 Å². The highest BCUT2D eigenvalue weighted by Gasteiger charge is 2.28. The Bertz CT molecular complexity index is 576. The van der Waals surface area contributed by atoms with E-state index in [2.05, 4.69) is 15.4 Å². The van der Waals surface area contributed by atoms with E-state index in [4.69, 9.17) is 9.57 Å². The number of hydrogen-bond donors (Lipinski definition) is 1. The summed E-state index contributed by atoms with van der Waals surface area (Å²) < 4.78 is 5.11. The minimum absolute atomic E-state index is 0.108. The van der Waals surface area contributed by atoms with Gasteiger partial charge in [-0.15, -0.1) is 0 Å². The molecule has 130 valence electrons. The van der Waals surface area contributed by atoms with Crippen molar-refractivity contribution >= 4 is 11.6 Å². The number of nitrogens with one attached hydrogen (secondary N) is 1. The summed E-state index contributed by atoms with van der Waals surface area (Å²) in [5.41, 5.74) is 1.53. The van der Waals surface area contributed by atoms with Crippen molar-refractivity contribution in [1.82, 2.24) is 10.2 Å². The third-order valence-corrected chi connectivity index (χ3v) is 4.64. The SMILES string of the molecule is COCCN1CC[C@H](CNC(=O)C2=NO[C@H](c3ccccc3)C2)C1. The van der Waals surface area contributed by atoms with Crippen LogP contribution in [0.3, 0.4) is 0 Å². The summed E-state index contributed by atoms with van der Waals surface area (Å²) in [7, 11) is 1.72. The van der Waals surface area contributed by atoms with Gasteiger partial charge < -0.3 is 19.8 Å². The maximum Gasteiger partial charge on any atom is 0.269 e. The molecule has 0 unspecified atom stereocenters. The highest BCUT2D eigenvalue weighted by atomic mass is 16.6. The Hall–Kier alpha value is -1.92. The maximum absolute atomic E-state index is 12.3. The highest BCUT2D eigenvalue weighted by molar-refractivity contribution is 6.39.